The van der Waals surface area contributed by atoms with E-state index < -0.39 is 0 Å². The Balaban J connectivity index is 2.37. The van der Waals surface area contributed by atoms with E-state index in [1.54, 1.807) is 7.11 Å². The fourth-order valence-electron chi connectivity index (χ4n) is 1.95. The molecule has 1 nitrogen and oxygen atoms in total. The van der Waals surface area contributed by atoms with E-state index in [0.717, 1.165) is 0 Å². The molecule has 0 spiro atoms. The second-order valence-corrected chi connectivity index (χ2v) is 3.32. The number of aryl methyl sites for hydroxylation is 1. The van der Waals surface area contributed by atoms with Crippen LogP contribution in [-0.2, 0) is 11.2 Å². The number of fused-ring (bicyclic) bond motifs is 1. The van der Waals surface area contributed by atoms with Gasteiger partial charge in [-0.25, -0.2) is 0 Å². The minimum atomic E-state index is 0.343. The molecule has 2 rings (SSSR count). The molecule has 1 aliphatic rings. The molecule has 0 N–H and O–H groups in total. The predicted molar refractivity (Wildman–Crippen MR) is 49.1 cm³/mol. The predicted octanol–water partition coefficient (Wildman–Crippen LogP) is 2.71. The summed E-state index contributed by atoms with van der Waals surface area (Å²) in [5.74, 6) is 0. The van der Waals surface area contributed by atoms with Gasteiger partial charge in [-0.15, -0.1) is 0 Å². The normalized spacial score (nSPS) is 21.9. The molecule has 0 fully saturated rings. The summed E-state index contributed by atoms with van der Waals surface area (Å²) in [5, 5.41) is 0. The van der Waals surface area contributed by atoms with E-state index >= 15 is 0 Å². The fraction of sp³-hybridized carbons (Fsp3) is 0.455. The Morgan fingerprint density at radius 1 is 1.33 bits per heavy atom. The zero-order chi connectivity index (χ0) is 8.39. The van der Waals surface area contributed by atoms with Crippen molar-refractivity contribution in [1.82, 2.24) is 0 Å². The molecule has 0 aliphatic heterocycles. The number of rotatable bonds is 1. The number of methoxy groups -OCH3 is 1. The lowest BCUT2D eigenvalue weighted by Gasteiger charge is -2.23. The molecule has 1 unspecified atom stereocenters. The largest absolute Gasteiger partial charge is 0.377 e. The first-order valence-corrected chi connectivity index (χ1v) is 4.52. The van der Waals surface area contributed by atoms with Crippen molar-refractivity contribution in [3.63, 3.8) is 0 Å². The smallest absolute Gasteiger partial charge is 0.0823 e. The van der Waals surface area contributed by atoms with Crippen molar-refractivity contribution in [2.45, 2.75) is 25.4 Å². The molecule has 64 valence electrons. The molecule has 0 bridgehead atoms. The molecule has 1 aliphatic carbocycles. The minimum Gasteiger partial charge on any atom is -0.377 e. The number of hydrogen-bond acceptors (Lipinski definition) is 1. The van der Waals surface area contributed by atoms with Crippen molar-refractivity contribution in [3.8, 4) is 0 Å². The van der Waals surface area contributed by atoms with E-state index in [4.69, 9.17) is 4.74 Å². The van der Waals surface area contributed by atoms with Gasteiger partial charge in [-0.2, -0.15) is 0 Å². The first-order chi connectivity index (χ1) is 5.92. The molecule has 1 atom stereocenters. The van der Waals surface area contributed by atoms with Crippen molar-refractivity contribution in [1.29, 1.82) is 0 Å². The second kappa shape index (κ2) is 3.28. The van der Waals surface area contributed by atoms with Crippen molar-refractivity contribution < 1.29 is 4.74 Å². The molecule has 1 aromatic carbocycles. The number of ether oxygens (including phenoxy) is 1. The molecule has 0 saturated heterocycles. The Hall–Kier alpha value is -0.820. The van der Waals surface area contributed by atoms with Crippen LogP contribution in [0, 0.1) is 0 Å². The third kappa shape index (κ3) is 1.25. The van der Waals surface area contributed by atoms with Gasteiger partial charge in [0.05, 0.1) is 6.10 Å². The lowest BCUT2D eigenvalue weighted by molar-refractivity contribution is 0.0881. The summed E-state index contributed by atoms with van der Waals surface area (Å²) >= 11 is 0. The molecule has 12 heavy (non-hydrogen) atoms. The van der Waals surface area contributed by atoms with Crippen LogP contribution in [0.15, 0.2) is 24.3 Å². The summed E-state index contributed by atoms with van der Waals surface area (Å²) in [5.41, 5.74) is 2.86. The maximum absolute atomic E-state index is 5.42. The molecular weight excluding hydrogens is 148 g/mol. The molecule has 0 radical (unpaired) electrons. The van der Waals surface area contributed by atoms with Crippen LogP contribution in [0.4, 0.5) is 0 Å². The van der Waals surface area contributed by atoms with Crippen LogP contribution in [0.1, 0.15) is 30.1 Å². The van der Waals surface area contributed by atoms with Gasteiger partial charge >= 0.3 is 0 Å². The first kappa shape index (κ1) is 7.81. The van der Waals surface area contributed by atoms with Crippen LogP contribution >= 0.6 is 0 Å². The lowest BCUT2D eigenvalue weighted by Crippen LogP contribution is -2.10. The van der Waals surface area contributed by atoms with E-state index in [-0.39, 0.29) is 0 Å². The Labute approximate surface area is 73.4 Å². The molecule has 0 saturated carbocycles. The highest BCUT2D eigenvalue weighted by atomic mass is 16.5. The zero-order valence-electron chi connectivity index (χ0n) is 7.42. The van der Waals surface area contributed by atoms with Crippen molar-refractivity contribution in [2.75, 3.05) is 7.11 Å². The third-order valence-electron chi connectivity index (χ3n) is 2.60. The summed E-state index contributed by atoms with van der Waals surface area (Å²) in [6.07, 6.45) is 3.99. The second-order valence-electron chi connectivity index (χ2n) is 3.32. The minimum absolute atomic E-state index is 0.343. The van der Waals surface area contributed by atoms with E-state index in [1.807, 2.05) is 0 Å². The molecule has 0 amide bonds. The van der Waals surface area contributed by atoms with Gasteiger partial charge in [-0.3, -0.25) is 0 Å². The third-order valence-corrected chi connectivity index (χ3v) is 2.60. The average Bonchev–Trinajstić information content (AvgIpc) is 2.17. The molecule has 0 heterocycles. The molecule has 1 aromatic rings. The summed E-state index contributed by atoms with van der Waals surface area (Å²) in [6.45, 7) is 0. The Morgan fingerprint density at radius 3 is 3.00 bits per heavy atom. The van der Waals surface area contributed by atoms with E-state index in [1.165, 1.54) is 30.4 Å². The summed E-state index contributed by atoms with van der Waals surface area (Å²) < 4.78 is 5.42. The summed E-state index contributed by atoms with van der Waals surface area (Å²) in [4.78, 5) is 0. The molecule has 0 aromatic heterocycles. The van der Waals surface area contributed by atoms with Gasteiger partial charge in [-0.1, -0.05) is 24.3 Å². The quantitative estimate of drug-likeness (QED) is 0.617. The van der Waals surface area contributed by atoms with Crippen LogP contribution in [0.5, 0.6) is 0 Å². The van der Waals surface area contributed by atoms with E-state index in [0.29, 0.717) is 6.10 Å². The van der Waals surface area contributed by atoms with Crippen LogP contribution in [0.3, 0.4) is 0 Å². The van der Waals surface area contributed by atoms with Gasteiger partial charge in [0, 0.05) is 7.11 Å². The van der Waals surface area contributed by atoms with Crippen LogP contribution in [0.2, 0.25) is 0 Å². The van der Waals surface area contributed by atoms with Crippen LogP contribution in [0.25, 0.3) is 0 Å². The monoisotopic (exact) mass is 162 g/mol. The van der Waals surface area contributed by atoms with E-state index in [2.05, 4.69) is 24.3 Å². The SMILES string of the molecule is COC1CCCc2ccccc21. The van der Waals surface area contributed by atoms with E-state index in [9.17, 15) is 0 Å². The summed E-state index contributed by atoms with van der Waals surface area (Å²) in [6, 6.07) is 8.59. The van der Waals surface area contributed by atoms with Crippen LogP contribution in [-0.4, -0.2) is 7.11 Å². The highest BCUT2D eigenvalue weighted by Crippen LogP contribution is 2.31. The highest BCUT2D eigenvalue weighted by molar-refractivity contribution is 5.31. The van der Waals surface area contributed by atoms with Gasteiger partial charge in [-0.05, 0) is 30.4 Å². The number of benzene rings is 1. The van der Waals surface area contributed by atoms with Crippen molar-refractivity contribution >= 4 is 0 Å². The fourth-order valence-corrected chi connectivity index (χ4v) is 1.95. The Kier molecular flexibility index (Phi) is 2.13. The molecule has 1 heteroatoms. The number of hydrogen-bond donors (Lipinski definition) is 0. The van der Waals surface area contributed by atoms with Gasteiger partial charge in [0.25, 0.3) is 0 Å². The first-order valence-electron chi connectivity index (χ1n) is 4.52. The van der Waals surface area contributed by atoms with Crippen molar-refractivity contribution in [3.05, 3.63) is 35.4 Å². The Bertz CT molecular complexity index is 267. The Morgan fingerprint density at radius 2 is 2.17 bits per heavy atom. The van der Waals surface area contributed by atoms with Gasteiger partial charge < -0.3 is 4.74 Å². The summed E-state index contributed by atoms with van der Waals surface area (Å²) in [7, 11) is 1.80. The maximum Gasteiger partial charge on any atom is 0.0823 e. The van der Waals surface area contributed by atoms with Gasteiger partial charge in [0.15, 0.2) is 0 Å². The average molecular weight is 162 g/mol. The topological polar surface area (TPSA) is 9.23 Å². The van der Waals surface area contributed by atoms with Gasteiger partial charge in [0.2, 0.25) is 0 Å². The van der Waals surface area contributed by atoms with Gasteiger partial charge in [0.1, 0.15) is 0 Å². The van der Waals surface area contributed by atoms with Crippen LogP contribution < -0.4 is 0 Å². The zero-order valence-corrected chi connectivity index (χ0v) is 7.42. The standard InChI is InChI=1S/C11H14O/c1-12-11-8-4-6-9-5-2-3-7-10(9)11/h2-3,5,7,11H,4,6,8H2,1H3. The molecular formula is C11H14O. The highest BCUT2D eigenvalue weighted by Gasteiger charge is 2.18. The van der Waals surface area contributed by atoms with Crippen molar-refractivity contribution in [2.24, 2.45) is 0 Å². The maximum atomic E-state index is 5.42. The lowest BCUT2D eigenvalue weighted by atomic mass is 9.89.